The number of carbonyl (C=O) groups excluding carboxylic acids is 1. The standard InChI is InChI=1S/C14H19ClN2O3/c1-10-9-17(14(18)16-6-3-7-19-2)12-8-11(15)4-5-13(12)20-10/h4-5,8,10H,3,6-7,9H2,1-2H3,(H,16,18). The summed E-state index contributed by atoms with van der Waals surface area (Å²) in [4.78, 5) is 13.9. The van der Waals surface area contributed by atoms with E-state index in [1.54, 1.807) is 30.2 Å². The molecule has 0 saturated carbocycles. The monoisotopic (exact) mass is 298 g/mol. The van der Waals surface area contributed by atoms with Crippen LogP contribution in [0, 0.1) is 0 Å². The average Bonchev–Trinajstić information content (AvgIpc) is 2.43. The van der Waals surface area contributed by atoms with E-state index < -0.39 is 0 Å². The molecule has 1 aromatic carbocycles. The van der Waals surface area contributed by atoms with E-state index >= 15 is 0 Å². The Morgan fingerprint density at radius 2 is 2.40 bits per heavy atom. The van der Waals surface area contributed by atoms with Gasteiger partial charge >= 0.3 is 6.03 Å². The van der Waals surface area contributed by atoms with Crippen molar-refractivity contribution in [2.75, 3.05) is 31.7 Å². The van der Waals surface area contributed by atoms with Crippen LogP contribution in [0.2, 0.25) is 5.02 Å². The lowest BCUT2D eigenvalue weighted by atomic mass is 10.2. The fraction of sp³-hybridized carbons (Fsp3) is 0.500. The molecule has 2 amide bonds. The zero-order valence-electron chi connectivity index (χ0n) is 11.7. The van der Waals surface area contributed by atoms with Crippen LogP contribution in [0.4, 0.5) is 10.5 Å². The Bertz CT molecular complexity index is 481. The van der Waals surface area contributed by atoms with Crippen molar-refractivity contribution in [2.45, 2.75) is 19.4 Å². The highest BCUT2D eigenvalue weighted by Crippen LogP contribution is 2.35. The molecule has 1 aliphatic heterocycles. The molecule has 0 fully saturated rings. The van der Waals surface area contributed by atoms with Crippen molar-refractivity contribution in [3.05, 3.63) is 23.2 Å². The van der Waals surface area contributed by atoms with Crippen molar-refractivity contribution in [1.29, 1.82) is 0 Å². The predicted molar refractivity (Wildman–Crippen MR) is 78.8 cm³/mol. The summed E-state index contributed by atoms with van der Waals surface area (Å²) < 4.78 is 10.7. The van der Waals surface area contributed by atoms with E-state index in [1.807, 2.05) is 6.92 Å². The van der Waals surface area contributed by atoms with Gasteiger partial charge < -0.3 is 14.8 Å². The lowest BCUT2D eigenvalue weighted by molar-refractivity contribution is 0.192. The Hall–Kier alpha value is -1.46. The molecule has 1 N–H and O–H groups in total. The van der Waals surface area contributed by atoms with Gasteiger partial charge in [-0.05, 0) is 31.5 Å². The second-order valence-corrected chi connectivity index (χ2v) is 5.17. The maximum atomic E-state index is 12.3. The number of carbonyl (C=O) groups is 1. The van der Waals surface area contributed by atoms with Gasteiger partial charge in [-0.1, -0.05) is 11.6 Å². The van der Waals surface area contributed by atoms with Crippen LogP contribution >= 0.6 is 11.6 Å². The van der Waals surface area contributed by atoms with Crippen LogP contribution in [0.3, 0.4) is 0 Å². The van der Waals surface area contributed by atoms with Gasteiger partial charge in [0.25, 0.3) is 0 Å². The highest BCUT2D eigenvalue weighted by Gasteiger charge is 2.27. The molecule has 1 atom stereocenters. The number of benzene rings is 1. The van der Waals surface area contributed by atoms with Crippen LogP contribution in [0.25, 0.3) is 0 Å². The zero-order valence-corrected chi connectivity index (χ0v) is 12.4. The smallest absolute Gasteiger partial charge is 0.322 e. The molecule has 2 rings (SSSR count). The molecule has 110 valence electrons. The summed E-state index contributed by atoms with van der Waals surface area (Å²) in [6, 6.07) is 5.16. The number of ether oxygens (including phenoxy) is 2. The molecule has 0 aromatic heterocycles. The largest absolute Gasteiger partial charge is 0.487 e. The van der Waals surface area contributed by atoms with E-state index in [-0.39, 0.29) is 12.1 Å². The van der Waals surface area contributed by atoms with Gasteiger partial charge in [0, 0.05) is 25.3 Å². The van der Waals surface area contributed by atoms with Crippen molar-refractivity contribution in [2.24, 2.45) is 0 Å². The Kier molecular flexibility index (Phi) is 5.09. The highest BCUT2D eigenvalue weighted by atomic mass is 35.5. The highest BCUT2D eigenvalue weighted by molar-refractivity contribution is 6.31. The normalized spacial score (nSPS) is 17.4. The number of methoxy groups -OCH3 is 1. The summed E-state index contributed by atoms with van der Waals surface area (Å²) >= 11 is 6.00. The zero-order chi connectivity index (χ0) is 14.5. The molecule has 6 heteroatoms. The Labute approximate surface area is 123 Å². The van der Waals surface area contributed by atoms with E-state index in [4.69, 9.17) is 21.1 Å². The lowest BCUT2D eigenvalue weighted by Gasteiger charge is -2.33. The fourth-order valence-corrected chi connectivity index (χ4v) is 2.28. The Morgan fingerprint density at radius 3 is 3.15 bits per heavy atom. The van der Waals surface area contributed by atoms with E-state index in [1.165, 1.54) is 0 Å². The lowest BCUT2D eigenvalue weighted by Crippen LogP contribution is -2.47. The number of nitrogens with one attached hydrogen (secondary N) is 1. The summed E-state index contributed by atoms with van der Waals surface area (Å²) in [6.45, 7) is 3.64. The van der Waals surface area contributed by atoms with E-state index in [0.29, 0.717) is 36.2 Å². The van der Waals surface area contributed by atoms with Crippen molar-refractivity contribution in [1.82, 2.24) is 5.32 Å². The van der Waals surface area contributed by atoms with Crippen molar-refractivity contribution in [3.63, 3.8) is 0 Å². The number of halogens is 1. The Balaban J connectivity index is 2.08. The maximum absolute atomic E-state index is 12.3. The van der Waals surface area contributed by atoms with Crippen molar-refractivity contribution < 1.29 is 14.3 Å². The minimum absolute atomic E-state index is 0.0478. The second-order valence-electron chi connectivity index (χ2n) is 4.73. The van der Waals surface area contributed by atoms with Crippen LogP contribution in [0.1, 0.15) is 13.3 Å². The number of hydrogen-bond donors (Lipinski definition) is 1. The molecule has 0 saturated heterocycles. The second kappa shape index (κ2) is 6.81. The van der Waals surface area contributed by atoms with Gasteiger partial charge in [-0.2, -0.15) is 0 Å². The number of rotatable bonds is 4. The third kappa shape index (κ3) is 3.55. The van der Waals surface area contributed by atoms with Crippen LogP contribution < -0.4 is 15.0 Å². The first-order valence-electron chi connectivity index (χ1n) is 6.62. The van der Waals surface area contributed by atoms with Gasteiger partial charge in [0.2, 0.25) is 0 Å². The van der Waals surface area contributed by atoms with Crippen LogP contribution in [0.15, 0.2) is 18.2 Å². The summed E-state index contributed by atoms with van der Waals surface area (Å²) in [5.41, 5.74) is 0.708. The molecule has 0 bridgehead atoms. The van der Waals surface area contributed by atoms with Crippen molar-refractivity contribution in [3.8, 4) is 5.75 Å². The third-order valence-corrected chi connectivity index (χ3v) is 3.26. The number of hydrogen-bond acceptors (Lipinski definition) is 3. The molecule has 1 aromatic rings. The summed E-state index contributed by atoms with van der Waals surface area (Å²) in [7, 11) is 1.64. The van der Waals surface area contributed by atoms with Gasteiger partial charge in [0.1, 0.15) is 11.9 Å². The van der Waals surface area contributed by atoms with Crippen LogP contribution in [-0.2, 0) is 4.74 Å². The minimum atomic E-state index is -0.139. The van der Waals surface area contributed by atoms with E-state index in [0.717, 1.165) is 6.42 Å². The summed E-state index contributed by atoms with van der Waals surface area (Å²) in [6.07, 6.45) is 0.735. The summed E-state index contributed by atoms with van der Waals surface area (Å²) in [5, 5.41) is 3.46. The fourth-order valence-electron chi connectivity index (χ4n) is 2.11. The topological polar surface area (TPSA) is 50.8 Å². The number of fused-ring (bicyclic) bond motifs is 1. The van der Waals surface area contributed by atoms with E-state index in [9.17, 15) is 4.79 Å². The number of anilines is 1. The molecule has 5 nitrogen and oxygen atoms in total. The number of nitrogens with zero attached hydrogens (tertiary/aromatic N) is 1. The molecule has 1 heterocycles. The van der Waals surface area contributed by atoms with Gasteiger partial charge in [-0.3, -0.25) is 4.90 Å². The molecular weight excluding hydrogens is 280 g/mol. The third-order valence-electron chi connectivity index (χ3n) is 3.03. The molecule has 1 unspecified atom stereocenters. The molecule has 1 aliphatic rings. The molecule has 0 radical (unpaired) electrons. The first kappa shape index (κ1) is 14.9. The average molecular weight is 299 g/mol. The van der Waals surface area contributed by atoms with Gasteiger partial charge in [-0.15, -0.1) is 0 Å². The van der Waals surface area contributed by atoms with E-state index in [2.05, 4.69) is 5.32 Å². The minimum Gasteiger partial charge on any atom is -0.487 e. The SMILES string of the molecule is COCCCNC(=O)N1CC(C)Oc2ccc(Cl)cc21. The number of amides is 2. The first-order chi connectivity index (χ1) is 9.61. The maximum Gasteiger partial charge on any atom is 0.322 e. The van der Waals surface area contributed by atoms with Gasteiger partial charge in [-0.25, -0.2) is 4.79 Å². The van der Waals surface area contributed by atoms with Gasteiger partial charge in [0.15, 0.2) is 0 Å². The van der Waals surface area contributed by atoms with Crippen molar-refractivity contribution >= 4 is 23.3 Å². The summed E-state index contributed by atoms with van der Waals surface area (Å²) in [5.74, 6) is 0.681. The van der Waals surface area contributed by atoms with Crippen LogP contribution in [-0.4, -0.2) is 38.9 Å². The molecule has 0 aliphatic carbocycles. The number of urea groups is 1. The predicted octanol–water partition coefficient (Wildman–Crippen LogP) is 2.67. The Morgan fingerprint density at radius 1 is 1.60 bits per heavy atom. The molecule has 0 spiro atoms. The quantitative estimate of drug-likeness (QED) is 0.870. The molecular formula is C14H19ClN2O3. The van der Waals surface area contributed by atoms with Gasteiger partial charge in [0.05, 0.1) is 12.2 Å². The van der Waals surface area contributed by atoms with Crippen LogP contribution in [0.5, 0.6) is 5.75 Å². The first-order valence-corrected chi connectivity index (χ1v) is 7.00. The molecule has 20 heavy (non-hydrogen) atoms.